The maximum atomic E-state index is 12.1. The third kappa shape index (κ3) is 3.91. The zero-order valence-corrected chi connectivity index (χ0v) is 15.0. The molecule has 0 spiro atoms. The second kappa shape index (κ2) is 7.40. The van der Waals surface area contributed by atoms with Gasteiger partial charge in [0.05, 0.1) is 6.54 Å². The number of rotatable bonds is 5. The largest absolute Gasteiger partial charge is 0.466 e. The van der Waals surface area contributed by atoms with Crippen molar-refractivity contribution in [2.45, 2.75) is 26.0 Å². The molecule has 0 bridgehead atoms. The minimum atomic E-state index is -0.675. The lowest BCUT2D eigenvalue weighted by molar-refractivity contribution is -0.114. The average Bonchev–Trinajstić information content (AvgIpc) is 2.90. The number of hydrogen-bond donors (Lipinski definition) is 1. The van der Waals surface area contributed by atoms with Crippen LogP contribution in [0.25, 0.3) is 6.08 Å². The summed E-state index contributed by atoms with van der Waals surface area (Å²) in [4.78, 5) is 16.6. The van der Waals surface area contributed by atoms with E-state index < -0.39 is 11.5 Å². The molecule has 0 radical (unpaired) electrons. The summed E-state index contributed by atoms with van der Waals surface area (Å²) in [6, 6.07) is 19.7. The molecule has 132 valence electrons. The first-order chi connectivity index (χ1) is 12.5. The Labute approximate surface area is 153 Å². The summed E-state index contributed by atoms with van der Waals surface area (Å²) < 4.78 is 5.97. The van der Waals surface area contributed by atoms with Crippen molar-refractivity contribution in [3.05, 3.63) is 89.0 Å². The molecule has 1 amide bonds. The summed E-state index contributed by atoms with van der Waals surface area (Å²) in [5.41, 5.74) is 8.13. The number of aliphatic imine (C=N–C) groups is 1. The van der Waals surface area contributed by atoms with Gasteiger partial charge in [-0.15, -0.1) is 0 Å². The van der Waals surface area contributed by atoms with E-state index in [0.29, 0.717) is 18.0 Å². The van der Waals surface area contributed by atoms with Gasteiger partial charge in [0.2, 0.25) is 5.90 Å². The van der Waals surface area contributed by atoms with E-state index >= 15 is 0 Å². The maximum absolute atomic E-state index is 12.1. The topological polar surface area (TPSA) is 64.7 Å². The third-order valence-electron chi connectivity index (χ3n) is 4.22. The zero-order chi connectivity index (χ0) is 18.6. The lowest BCUT2D eigenvalue weighted by Crippen LogP contribution is -2.22. The fourth-order valence-electron chi connectivity index (χ4n) is 2.89. The zero-order valence-electron chi connectivity index (χ0n) is 15.0. The molecular weight excluding hydrogens is 324 g/mol. The van der Waals surface area contributed by atoms with E-state index in [9.17, 15) is 4.79 Å². The highest BCUT2D eigenvalue weighted by molar-refractivity contribution is 6.20. The number of hydrogen-bond acceptors (Lipinski definition) is 3. The smallest absolute Gasteiger partial charge is 0.254 e. The van der Waals surface area contributed by atoms with Crippen molar-refractivity contribution in [3.63, 3.8) is 0 Å². The van der Waals surface area contributed by atoms with Gasteiger partial charge in [0.25, 0.3) is 5.91 Å². The van der Waals surface area contributed by atoms with Gasteiger partial charge in [0.15, 0.2) is 0 Å². The Hall–Kier alpha value is -3.14. The molecule has 1 aliphatic rings. The molecule has 4 heteroatoms. The summed E-state index contributed by atoms with van der Waals surface area (Å²) in [5.74, 6) is -0.228. The molecule has 0 atom stereocenters. The molecular formula is C22H22N2O2. The Morgan fingerprint density at radius 3 is 2.27 bits per heavy atom. The molecule has 2 aromatic rings. The first kappa shape index (κ1) is 17.7. The number of primary amides is 1. The molecule has 0 aliphatic carbocycles. The first-order valence-electron chi connectivity index (χ1n) is 8.53. The van der Waals surface area contributed by atoms with Gasteiger partial charge in [-0.05, 0) is 25.0 Å². The van der Waals surface area contributed by atoms with Crippen LogP contribution in [0.15, 0.2) is 82.9 Å². The van der Waals surface area contributed by atoms with Crippen LogP contribution >= 0.6 is 0 Å². The predicted octanol–water partition coefficient (Wildman–Crippen LogP) is 3.89. The Bertz CT molecular complexity index is 879. The minimum absolute atomic E-state index is 0.305. The van der Waals surface area contributed by atoms with E-state index in [2.05, 4.69) is 4.99 Å². The van der Waals surface area contributed by atoms with Crippen LogP contribution in [0.2, 0.25) is 0 Å². The molecule has 2 N–H and O–H groups in total. The SMILES string of the molecule is CC1(C)OC(=NCc2ccccc2)C(C(N)=O)=C1C=Cc1ccccc1. The standard InChI is InChI=1S/C22H22N2O2/c1-22(2)18(14-13-16-9-5-3-6-10-16)19(20(23)25)21(26-22)24-15-17-11-7-4-8-12-17/h3-14H,15H2,1-2H3,(H2,23,25). The summed E-state index contributed by atoms with van der Waals surface area (Å²) >= 11 is 0. The molecule has 1 heterocycles. The van der Waals surface area contributed by atoms with Crippen molar-refractivity contribution in [1.29, 1.82) is 0 Å². The van der Waals surface area contributed by atoms with Crippen molar-refractivity contribution in [2.75, 3.05) is 0 Å². The second-order valence-corrected chi connectivity index (χ2v) is 6.62. The van der Waals surface area contributed by atoms with Gasteiger partial charge >= 0.3 is 0 Å². The molecule has 3 rings (SSSR count). The van der Waals surface area contributed by atoms with Crippen LogP contribution in [-0.2, 0) is 16.1 Å². The number of amides is 1. The van der Waals surface area contributed by atoms with E-state index in [0.717, 1.165) is 16.7 Å². The van der Waals surface area contributed by atoms with E-state index in [1.165, 1.54) is 0 Å². The first-order valence-corrected chi connectivity index (χ1v) is 8.53. The van der Waals surface area contributed by atoms with E-state index in [1.54, 1.807) is 0 Å². The number of benzene rings is 2. The summed E-state index contributed by atoms with van der Waals surface area (Å²) in [6.45, 7) is 4.25. The maximum Gasteiger partial charge on any atom is 0.254 e. The van der Waals surface area contributed by atoms with Crippen molar-refractivity contribution in [1.82, 2.24) is 0 Å². The number of nitrogens with zero attached hydrogens (tertiary/aromatic N) is 1. The summed E-state index contributed by atoms with van der Waals surface area (Å²) in [7, 11) is 0. The lowest BCUT2D eigenvalue weighted by Gasteiger charge is -2.20. The number of carbonyl (C=O) groups excluding carboxylic acids is 1. The molecule has 26 heavy (non-hydrogen) atoms. The van der Waals surface area contributed by atoms with Crippen LogP contribution in [0.3, 0.4) is 0 Å². The van der Waals surface area contributed by atoms with Gasteiger partial charge < -0.3 is 10.5 Å². The highest BCUT2D eigenvalue weighted by Crippen LogP contribution is 2.34. The molecule has 0 unspecified atom stereocenters. The molecule has 4 nitrogen and oxygen atoms in total. The van der Waals surface area contributed by atoms with Crippen molar-refractivity contribution in [2.24, 2.45) is 10.7 Å². The van der Waals surface area contributed by atoms with Crippen LogP contribution in [-0.4, -0.2) is 17.4 Å². The van der Waals surface area contributed by atoms with Gasteiger partial charge in [-0.1, -0.05) is 72.8 Å². The highest BCUT2D eigenvalue weighted by Gasteiger charge is 2.39. The Morgan fingerprint density at radius 2 is 1.65 bits per heavy atom. The van der Waals surface area contributed by atoms with Gasteiger partial charge in [-0.2, -0.15) is 0 Å². The fraction of sp³-hybridized carbons (Fsp3) is 0.182. The van der Waals surface area contributed by atoms with E-state index in [-0.39, 0.29) is 0 Å². The molecule has 1 aliphatic heterocycles. The normalized spacial score (nSPS) is 17.7. The monoisotopic (exact) mass is 346 g/mol. The number of ether oxygens (including phenoxy) is 1. The van der Waals surface area contributed by atoms with Crippen molar-refractivity contribution < 1.29 is 9.53 Å². The van der Waals surface area contributed by atoms with Crippen LogP contribution < -0.4 is 5.73 Å². The number of nitrogens with two attached hydrogens (primary N) is 1. The fourth-order valence-corrected chi connectivity index (χ4v) is 2.89. The van der Waals surface area contributed by atoms with Gasteiger partial charge in [-0.25, -0.2) is 4.99 Å². The quantitative estimate of drug-likeness (QED) is 0.892. The third-order valence-corrected chi connectivity index (χ3v) is 4.22. The minimum Gasteiger partial charge on any atom is -0.466 e. The molecule has 0 aromatic heterocycles. The van der Waals surface area contributed by atoms with Crippen molar-refractivity contribution >= 4 is 17.9 Å². The van der Waals surface area contributed by atoms with Gasteiger partial charge in [0.1, 0.15) is 11.2 Å². The Balaban J connectivity index is 1.96. The molecule has 0 saturated carbocycles. The second-order valence-electron chi connectivity index (χ2n) is 6.62. The van der Waals surface area contributed by atoms with Crippen LogP contribution in [0, 0.1) is 0 Å². The van der Waals surface area contributed by atoms with E-state index in [4.69, 9.17) is 10.5 Å². The van der Waals surface area contributed by atoms with Gasteiger partial charge in [-0.3, -0.25) is 4.79 Å². The van der Waals surface area contributed by atoms with Gasteiger partial charge in [0, 0.05) is 5.57 Å². The van der Waals surface area contributed by atoms with Crippen LogP contribution in [0.4, 0.5) is 0 Å². The average molecular weight is 346 g/mol. The predicted molar refractivity (Wildman–Crippen MR) is 104 cm³/mol. The molecule has 0 saturated heterocycles. The van der Waals surface area contributed by atoms with Crippen LogP contribution in [0.1, 0.15) is 25.0 Å². The highest BCUT2D eigenvalue weighted by atomic mass is 16.5. The Kier molecular flexibility index (Phi) is 5.03. The van der Waals surface area contributed by atoms with Crippen LogP contribution in [0.5, 0.6) is 0 Å². The Morgan fingerprint density at radius 1 is 1.04 bits per heavy atom. The number of carbonyl (C=O) groups is 1. The van der Waals surface area contributed by atoms with E-state index in [1.807, 2.05) is 86.7 Å². The lowest BCUT2D eigenvalue weighted by atomic mass is 9.94. The van der Waals surface area contributed by atoms with Crippen molar-refractivity contribution in [3.8, 4) is 0 Å². The summed E-state index contributed by atoms with van der Waals surface area (Å²) in [6.07, 6.45) is 3.84. The molecule has 0 fully saturated rings. The molecule has 2 aromatic carbocycles. The summed E-state index contributed by atoms with van der Waals surface area (Å²) in [5, 5.41) is 0.